The van der Waals surface area contributed by atoms with Gasteiger partial charge in [0.1, 0.15) is 18.1 Å². The first-order chi connectivity index (χ1) is 13.1. The number of benzene rings is 2. The molecule has 0 atom stereocenters. The topological polar surface area (TPSA) is 97.1 Å². The summed E-state index contributed by atoms with van der Waals surface area (Å²) in [5.41, 5.74) is 1.85. The molecule has 0 aromatic heterocycles. The van der Waals surface area contributed by atoms with Gasteiger partial charge in [0, 0.05) is 23.3 Å². The Morgan fingerprint density at radius 3 is 2.85 bits per heavy atom. The number of hydrogen-bond donors (Lipinski definition) is 0. The molecule has 0 radical (unpaired) electrons. The van der Waals surface area contributed by atoms with E-state index < -0.39 is 10.9 Å². The fourth-order valence-corrected chi connectivity index (χ4v) is 2.77. The lowest BCUT2D eigenvalue weighted by molar-refractivity contribution is -0.385. The number of fused-ring (bicyclic) bond motifs is 1. The molecule has 0 spiro atoms. The molecule has 0 saturated heterocycles. The van der Waals surface area contributed by atoms with Crippen LogP contribution < -0.4 is 9.47 Å². The van der Waals surface area contributed by atoms with Gasteiger partial charge in [-0.1, -0.05) is 25.1 Å². The fraction of sp³-hybridized carbons (Fsp3) is 0.316. The van der Waals surface area contributed by atoms with Gasteiger partial charge < -0.3 is 18.9 Å². The standard InChI is InChI=1S/C19H19NO7/c1-2-13-5-3-4-6-17(13)25-11-18(21)26-10-15-8-16(20(22)23)7-14-9-24-12-27-19(14)15/h3-8H,2,9-12H2,1H3. The van der Waals surface area contributed by atoms with Crippen molar-refractivity contribution in [3.8, 4) is 11.5 Å². The van der Waals surface area contributed by atoms with Crippen LogP contribution in [0.5, 0.6) is 11.5 Å². The molecule has 0 bridgehead atoms. The van der Waals surface area contributed by atoms with Crippen LogP contribution in [0.15, 0.2) is 36.4 Å². The van der Waals surface area contributed by atoms with Crippen LogP contribution in [0.3, 0.4) is 0 Å². The molecule has 1 aliphatic heterocycles. The van der Waals surface area contributed by atoms with Crippen molar-refractivity contribution in [3.63, 3.8) is 0 Å². The van der Waals surface area contributed by atoms with Crippen molar-refractivity contribution in [3.05, 3.63) is 63.2 Å². The van der Waals surface area contributed by atoms with Gasteiger partial charge in [-0.15, -0.1) is 0 Å². The Morgan fingerprint density at radius 2 is 2.07 bits per heavy atom. The van der Waals surface area contributed by atoms with E-state index in [-0.39, 0.29) is 32.3 Å². The van der Waals surface area contributed by atoms with Crippen LogP contribution in [-0.4, -0.2) is 24.3 Å². The Hall–Kier alpha value is -3.13. The summed E-state index contributed by atoms with van der Waals surface area (Å²) >= 11 is 0. The van der Waals surface area contributed by atoms with Gasteiger partial charge in [0.2, 0.25) is 0 Å². The third-order valence-corrected chi connectivity index (χ3v) is 4.07. The second kappa shape index (κ2) is 8.50. The third kappa shape index (κ3) is 4.53. The second-order valence-corrected chi connectivity index (χ2v) is 5.87. The zero-order valence-electron chi connectivity index (χ0n) is 14.8. The molecule has 0 N–H and O–H groups in total. The molecule has 0 unspecified atom stereocenters. The lowest BCUT2D eigenvalue weighted by atomic mass is 10.1. The lowest BCUT2D eigenvalue weighted by Crippen LogP contribution is -2.17. The highest BCUT2D eigenvalue weighted by atomic mass is 16.7. The van der Waals surface area contributed by atoms with Crippen molar-refractivity contribution >= 4 is 11.7 Å². The Labute approximate surface area is 155 Å². The summed E-state index contributed by atoms with van der Waals surface area (Å²) < 4.78 is 21.3. The maximum absolute atomic E-state index is 12.0. The summed E-state index contributed by atoms with van der Waals surface area (Å²) in [6.07, 6.45) is 0.782. The number of rotatable bonds is 7. The number of nitrogens with zero attached hydrogens (tertiary/aromatic N) is 1. The summed E-state index contributed by atoms with van der Waals surface area (Å²) in [5.74, 6) is 0.510. The number of esters is 1. The molecule has 2 aromatic rings. The molecule has 8 nitrogen and oxygen atoms in total. The molecular formula is C19H19NO7. The van der Waals surface area contributed by atoms with Gasteiger partial charge in [-0.25, -0.2) is 4.79 Å². The van der Waals surface area contributed by atoms with Crippen LogP contribution in [0.25, 0.3) is 0 Å². The molecule has 27 heavy (non-hydrogen) atoms. The Kier molecular flexibility index (Phi) is 5.87. The van der Waals surface area contributed by atoms with Crippen molar-refractivity contribution in [2.24, 2.45) is 0 Å². The maximum Gasteiger partial charge on any atom is 0.344 e. The molecule has 8 heteroatoms. The summed E-state index contributed by atoms with van der Waals surface area (Å²) in [6.45, 7) is 1.84. The monoisotopic (exact) mass is 373 g/mol. The molecule has 1 aliphatic rings. The first-order valence-corrected chi connectivity index (χ1v) is 8.45. The predicted octanol–water partition coefficient (Wildman–Crippen LogP) is 3.15. The number of nitro benzene ring substituents is 1. The number of carbonyl (C=O) groups is 1. The normalized spacial score (nSPS) is 12.6. The highest BCUT2D eigenvalue weighted by molar-refractivity contribution is 5.71. The molecule has 0 saturated carbocycles. The molecule has 3 rings (SSSR count). The highest BCUT2D eigenvalue weighted by Crippen LogP contribution is 2.33. The number of aryl methyl sites for hydroxylation is 1. The van der Waals surface area contributed by atoms with E-state index >= 15 is 0 Å². The highest BCUT2D eigenvalue weighted by Gasteiger charge is 2.22. The van der Waals surface area contributed by atoms with Crippen molar-refractivity contribution in [1.29, 1.82) is 0 Å². The van der Waals surface area contributed by atoms with Crippen LogP contribution in [0.2, 0.25) is 0 Å². The minimum Gasteiger partial charge on any atom is -0.482 e. The Balaban J connectivity index is 1.64. The number of hydrogen-bond acceptors (Lipinski definition) is 7. The molecular weight excluding hydrogens is 354 g/mol. The number of carbonyl (C=O) groups excluding carboxylic acids is 1. The van der Waals surface area contributed by atoms with E-state index in [1.165, 1.54) is 12.1 Å². The van der Waals surface area contributed by atoms with Crippen molar-refractivity contribution in [2.75, 3.05) is 13.4 Å². The summed E-state index contributed by atoms with van der Waals surface area (Å²) in [6, 6.07) is 10.2. The third-order valence-electron chi connectivity index (χ3n) is 4.07. The Bertz CT molecular complexity index is 850. The first-order valence-electron chi connectivity index (χ1n) is 8.45. The predicted molar refractivity (Wildman–Crippen MR) is 94.5 cm³/mol. The molecule has 0 amide bonds. The van der Waals surface area contributed by atoms with Crippen molar-refractivity contribution < 1.29 is 28.7 Å². The van der Waals surface area contributed by atoms with E-state index in [1.807, 2.05) is 25.1 Å². The maximum atomic E-state index is 12.0. The molecule has 2 aromatic carbocycles. The molecule has 0 aliphatic carbocycles. The van der Waals surface area contributed by atoms with Gasteiger partial charge in [-0.3, -0.25) is 10.1 Å². The van der Waals surface area contributed by atoms with E-state index in [9.17, 15) is 14.9 Å². The number of nitro groups is 1. The second-order valence-electron chi connectivity index (χ2n) is 5.87. The van der Waals surface area contributed by atoms with Gasteiger partial charge in [-0.2, -0.15) is 0 Å². The first kappa shape index (κ1) is 18.7. The average Bonchev–Trinajstić information content (AvgIpc) is 2.70. The molecule has 1 heterocycles. The summed E-state index contributed by atoms with van der Waals surface area (Å²) in [7, 11) is 0. The van der Waals surface area contributed by atoms with Gasteiger partial charge in [-0.05, 0) is 18.1 Å². The SMILES string of the molecule is CCc1ccccc1OCC(=O)OCc1cc([N+](=O)[O-])cc2c1OCOC2. The fourth-order valence-electron chi connectivity index (χ4n) is 2.77. The number of para-hydroxylation sites is 1. The Morgan fingerprint density at radius 1 is 1.26 bits per heavy atom. The lowest BCUT2D eigenvalue weighted by Gasteiger charge is -2.20. The minimum absolute atomic E-state index is 0.0443. The van der Waals surface area contributed by atoms with Crippen LogP contribution in [0, 0.1) is 10.1 Å². The molecule has 142 valence electrons. The quantitative estimate of drug-likeness (QED) is 0.418. The van der Waals surface area contributed by atoms with E-state index in [0.29, 0.717) is 22.6 Å². The van der Waals surface area contributed by atoms with Crippen molar-refractivity contribution in [2.45, 2.75) is 26.6 Å². The van der Waals surface area contributed by atoms with Crippen molar-refractivity contribution in [1.82, 2.24) is 0 Å². The largest absolute Gasteiger partial charge is 0.482 e. The zero-order chi connectivity index (χ0) is 19.2. The van der Waals surface area contributed by atoms with E-state index in [0.717, 1.165) is 12.0 Å². The average molecular weight is 373 g/mol. The van der Waals surface area contributed by atoms with Gasteiger partial charge in [0.25, 0.3) is 5.69 Å². The number of non-ortho nitro benzene ring substituents is 1. The summed E-state index contributed by atoms with van der Waals surface area (Å²) in [4.78, 5) is 22.6. The number of ether oxygens (including phenoxy) is 4. The smallest absolute Gasteiger partial charge is 0.344 e. The van der Waals surface area contributed by atoms with Crippen LogP contribution >= 0.6 is 0 Å². The minimum atomic E-state index is -0.576. The zero-order valence-corrected chi connectivity index (χ0v) is 14.8. The van der Waals surface area contributed by atoms with Crippen LogP contribution in [0.4, 0.5) is 5.69 Å². The van der Waals surface area contributed by atoms with Gasteiger partial charge in [0.05, 0.1) is 11.5 Å². The van der Waals surface area contributed by atoms with E-state index in [1.54, 1.807) is 6.07 Å². The van der Waals surface area contributed by atoms with E-state index in [2.05, 4.69) is 0 Å². The molecule has 0 fully saturated rings. The van der Waals surface area contributed by atoms with Crippen LogP contribution in [-0.2, 0) is 33.9 Å². The summed E-state index contributed by atoms with van der Waals surface area (Å²) in [5, 5.41) is 11.1. The van der Waals surface area contributed by atoms with Gasteiger partial charge >= 0.3 is 5.97 Å². The van der Waals surface area contributed by atoms with Gasteiger partial charge in [0.15, 0.2) is 13.4 Å². The van der Waals surface area contributed by atoms with E-state index in [4.69, 9.17) is 18.9 Å². The van der Waals surface area contributed by atoms with Crippen LogP contribution in [0.1, 0.15) is 23.6 Å².